The molecule has 1 aromatic rings. The Morgan fingerprint density at radius 2 is 1.94 bits per heavy atom. The van der Waals surface area contributed by atoms with Gasteiger partial charge in [0.15, 0.2) is 0 Å². The van der Waals surface area contributed by atoms with Crippen LogP contribution in [0, 0.1) is 0 Å². The van der Waals surface area contributed by atoms with Gasteiger partial charge in [-0.15, -0.1) is 0 Å². The Balaban J connectivity index is 2.25. The summed E-state index contributed by atoms with van der Waals surface area (Å²) >= 11 is 0. The van der Waals surface area contributed by atoms with Crippen LogP contribution in [0.4, 0.5) is 5.69 Å². The second-order valence-corrected chi connectivity index (χ2v) is 4.25. The Labute approximate surface area is 104 Å². The number of ether oxygens (including phenoxy) is 1. The molecular formula is C13H23N3O. The molecule has 4 heteroatoms. The molecule has 0 bridgehead atoms. The normalized spacial score (nSPS) is 10.6. The molecule has 0 atom stereocenters. The predicted molar refractivity (Wildman–Crippen MR) is 72.7 cm³/mol. The molecule has 0 amide bonds. The monoisotopic (exact) mass is 237 g/mol. The summed E-state index contributed by atoms with van der Waals surface area (Å²) in [5.41, 5.74) is 6.50. The van der Waals surface area contributed by atoms with E-state index in [1.54, 1.807) is 0 Å². The molecule has 0 saturated carbocycles. The van der Waals surface area contributed by atoms with E-state index in [1.807, 2.05) is 24.3 Å². The summed E-state index contributed by atoms with van der Waals surface area (Å²) in [6.07, 6.45) is 1.04. The molecule has 0 aromatic heterocycles. The molecule has 17 heavy (non-hydrogen) atoms. The van der Waals surface area contributed by atoms with Gasteiger partial charge >= 0.3 is 0 Å². The third kappa shape index (κ3) is 6.14. The first-order chi connectivity index (χ1) is 8.22. The molecule has 1 rings (SSSR count). The molecule has 4 nitrogen and oxygen atoms in total. The van der Waals surface area contributed by atoms with Crippen LogP contribution >= 0.6 is 0 Å². The summed E-state index contributed by atoms with van der Waals surface area (Å²) in [7, 11) is 4.13. The van der Waals surface area contributed by atoms with Crippen LogP contribution in [0.2, 0.25) is 0 Å². The van der Waals surface area contributed by atoms with Crippen LogP contribution in [0.3, 0.4) is 0 Å². The number of nitrogens with zero attached hydrogens (tertiary/aromatic N) is 1. The van der Waals surface area contributed by atoms with Crippen LogP contribution in [-0.4, -0.2) is 45.2 Å². The van der Waals surface area contributed by atoms with Crippen molar-refractivity contribution in [2.24, 2.45) is 5.73 Å². The second-order valence-electron chi connectivity index (χ2n) is 4.25. The highest BCUT2D eigenvalue weighted by molar-refractivity contribution is 5.46. The SMILES string of the molecule is CN(C)CCCOc1ccc(NCCN)cc1. The highest BCUT2D eigenvalue weighted by Crippen LogP contribution is 2.15. The van der Waals surface area contributed by atoms with Crippen molar-refractivity contribution in [1.29, 1.82) is 0 Å². The fourth-order valence-electron chi connectivity index (χ4n) is 1.46. The third-order valence-electron chi connectivity index (χ3n) is 2.35. The standard InChI is InChI=1S/C13H23N3O/c1-16(2)10-3-11-17-13-6-4-12(5-7-13)15-9-8-14/h4-7,15H,3,8-11,14H2,1-2H3. The van der Waals surface area contributed by atoms with Crippen molar-refractivity contribution in [2.45, 2.75) is 6.42 Å². The van der Waals surface area contributed by atoms with Gasteiger partial charge in [0, 0.05) is 25.3 Å². The highest BCUT2D eigenvalue weighted by Gasteiger charge is 1.96. The van der Waals surface area contributed by atoms with E-state index < -0.39 is 0 Å². The zero-order valence-electron chi connectivity index (χ0n) is 10.8. The van der Waals surface area contributed by atoms with Gasteiger partial charge in [0.1, 0.15) is 5.75 Å². The molecule has 96 valence electrons. The number of hydrogen-bond acceptors (Lipinski definition) is 4. The van der Waals surface area contributed by atoms with E-state index in [1.165, 1.54) is 0 Å². The van der Waals surface area contributed by atoms with Crippen molar-refractivity contribution in [3.63, 3.8) is 0 Å². The molecular weight excluding hydrogens is 214 g/mol. The predicted octanol–water partition coefficient (Wildman–Crippen LogP) is 1.39. The summed E-state index contributed by atoms with van der Waals surface area (Å²) in [5.74, 6) is 0.919. The highest BCUT2D eigenvalue weighted by atomic mass is 16.5. The number of benzene rings is 1. The van der Waals surface area contributed by atoms with E-state index in [2.05, 4.69) is 24.3 Å². The van der Waals surface area contributed by atoms with Gasteiger partial charge in [-0.25, -0.2) is 0 Å². The van der Waals surface area contributed by atoms with E-state index in [-0.39, 0.29) is 0 Å². The van der Waals surface area contributed by atoms with Crippen molar-refractivity contribution < 1.29 is 4.74 Å². The zero-order valence-corrected chi connectivity index (χ0v) is 10.8. The number of hydrogen-bond donors (Lipinski definition) is 2. The van der Waals surface area contributed by atoms with Gasteiger partial charge in [-0.2, -0.15) is 0 Å². The zero-order chi connectivity index (χ0) is 12.5. The third-order valence-corrected chi connectivity index (χ3v) is 2.35. The lowest BCUT2D eigenvalue weighted by molar-refractivity contribution is 0.281. The van der Waals surface area contributed by atoms with Crippen LogP contribution in [0.1, 0.15) is 6.42 Å². The number of nitrogens with two attached hydrogens (primary N) is 1. The van der Waals surface area contributed by atoms with Crippen LogP contribution in [0.5, 0.6) is 5.75 Å². The number of rotatable bonds is 8. The Morgan fingerprint density at radius 3 is 2.53 bits per heavy atom. The largest absolute Gasteiger partial charge is 0.494 e. The average Bonchev–Trinajstić information content (AvgIpc) is 2.33. The Morgan fingerprint density at radius 1 is 1.24 bits per heavy atom. The summed E-state index contributed by atoms with van der Waals surface area (Å²) in [4.78, 5) is 2.16. The van der Waals surface area contributed by atoms with Crippen LogP contribution < -0.4 is 15.8 Å². The quantitative estimate of drug-likeness (QED) is 0.671. The minimum absolute atomic E-state index is 0.642. The molecule has 0 fully saturated rings. The van der Waals surface area contributed by atoms with Gasteiger partial charge in [0.2, 0.25) is 0 Å². The van der Waals surface area contributed by atoms with Gasteiger partial charge in [-0.1, -0.05) is 0 Å². The Kier molecular flexibility index (Phi) is 6.43. The fourth-order valence-corrected chi connectivity index (χ4v) is 1.46. The van der Waals surface area contributed by atoms with Gasteiger partial charge < -0.3 is 20.7 Å². The molecule has 0 spiro atoms. The molecule has 0 unspecified atom stereocenters. The van der Waals surface area contributed by atoms with Gasteiger partial charge in [0.05, 0.1) is 6.61 Å². The average molecular weight is 237 g/mol. The number of anilines is 1. The Bertz CT molecular complexity index is 298. The molecule has 0 aliphatic heterocycles. The summed E-state index contributed by atoms with van der Waals surface area (Å²) in [6.45, 7) is 3.25. The topological polar surface area (TPSA) is 50.5 Å². The minimum Gasteiger partial charge on any atom is -0.494 e. The first-order valence-electron chi connectivity index (χ1n) is 6.04. The van der Waals surface area contributed by atoms with Gasteiger partial charge in [-0.3, -0.25) is 0 Å². The van der Waals surface area contributed by atoms with Crippen LogP contribution in [-0.2, 0) is 0 Å². The lowest BCUT2D eigenvalue weighted by Gasteiger charge is -2.11. The van der Waals surface area contributed by atoms with E-state index in [9.17, 15) is 0 Å². The maximum absolute atomic E-state index is 5.64. The van der Waals surface area contributed by atoms with Crippen LogP contribution in [0.15, 0.2) is 24.3 Å². The minimum atomic E-state index is 0.642. The van der Waals surface area contributed by atoms with Crippen molar-refractivity contribution >= 4 is 5.69 Å². The van der Waals surface area contributed by atoms with Gasteiger partial charge in [-0.05, 0) is 44.8 Å². The molecule has 3 N–H and O–H groups in total. The van der Waals surface area contributed by atoms with Crippen molar-refractivity contribution in [2.75, 3.05) is 45.7 Å². The maximum Gasteiger partial charge on any atom is 0.119 e. The molecule has 0 saturated heterocycles. The fraction of sp³-hybridized carbons (Fsp3) is 0.538. The molecule has 1 aromatic carbocycles. The second kappa shape index (κ2) is 7.92. The van der Waals surface area contributed by atoms with Crippen LogP contribution in [0.25, 0.3) is 0 Å². The van der Waals surface area contributed by atoms with Gasteiger partial charge in [0.25, 0.3) is 0 Å². The lowest BCUT2D eigenvalue weighted by atomic mass is 10.3. The molecule has 0 heterocycles. The van der Waals surface area contributed by atoms with E-state index >= 15 is 0 Å². The smallest absolute Gasteiger partial charge is 0.119 e. The first kappa shape index (κ1) is 13.8. The van der Waals surface area contributed by atoms with E-state index in [0.29, 0.717) is 6.54 Å². The maximum atomic E-state index is 5.64. The molecule has 0 aliphatic carbocycles. The van der Waals surface area contributed by atoms with E-state index in [0.717, 1.165) is 37.6 Å². The summed E-state index contributed by atoms with van der Waals surface area (Å²) in [5, 5.41) is 3.22. The van der Waals surface area contributed by atoms with Crippen molar-refractivity contribution in [1.82, 2.24) is 4.90 Å². The Hall–Kier alpha value is -1.26. The lowest BCUT2D eigenvalue weighted by Crippen LogP contribution is -2.15. The molecule has 0 aliphatic rings. The number of nitrogens with one attached hydrogen (secondary N) is 1. The van der Waals surface area contributed by atoms with E-state index in [4.69, 9.17) is 10.5 Å². The van der Waals surface area contributed by atoms with Crippen molar-refractivity contribution in [3.05, 3.63) is 24.3 Å². The first-order valence-corrected chi connectivity index (χ1v) is 6.04. The molecule has 0 radical (unpaired) electrons. The summed E-state index contributed by atoms with van der Waals surface area (Å²) < 4.78 is 5.64. The summed E-state index contributed by atoms with van der Waals surface area (Å²) in [6, 6.07) is 7.98. The van der Waals surface area contributed by atoms with Crippen molar-refractivity contribution in [3.8, 4) is 5.75 Å².